The van der Waals surface area contributed by atoms with E-state index >= 15 is 0 Å². The molecule has 2 aromatic heterocycles. The summed E-state index contributed by atoms with van der Waals surface area (Å²) in [5, 5.41) is 11.0. The van der Waals surface area contributed by atoms with Crippen molar-refractivity contribution >= 4 is 17.5 Å². The lowest BCUT2D eigenvalue weighted by molar-refractivity contribution is -0.384. The minimum Gasteiger partial charge on any atom is -0.349 e. The highest BCUT2D eigenvalue weighted by Gasteiger charge is 2.20. The summed E-state index contributed by atoms with van der Waals surface area (Å²) in [6.45, 7) is 0.426. The van der Waals surface area contributed by atoms with Crippen molar-refractivity contribution in [2.24, 2.45) is 5.84 Å². The lowest BCUT2D eigenvalue weighted by Gasteiger charge is -2.18. The molecule has 0 atom stereocenters. The molecule has 9 heteroatoms. The van der Waals surface area contributed by atoms with Gasteiger partial charge < -0.3 is 4.90 Å². The zero-order chi connectivity index (χ0) is 14.5. The highest BCUT2D eigenvalue weighted by atomic mass is 16.6. The SMILES string of the molecule is CN(Cc1cccnc1)c1nc(NN)ncc1[N+](=O)[O-]. The number of hydrazine groups is 1. The Balaban J connectivity index is 2.32. The number of nitro groups is 1. The number of hydrogen-bond donors (Lipinski definition) is 2. The molecule has 3 N–H and O–H groups in total. The van der Waals surface area contributed by atoms with Crippen molar-refractivity contribution in [1.82, 2.24) is 15.0 Å². The van der Waals surface area contributed by atoms with Gasteiger partial charge in [0.15, 0.2) is 0 Å². The Bertz CT molecular complexity index is 605. The van der Waals surface area contributed by atoms with E-state index in [4.69, 9.17) is 5.84 Å². The average Bonchev–Trinajstić information content (AvgIpc) is 2.47. The van der Waals surface area contributed by atoms with Gasteiger partial charge in [0.25, 0.3) is 0 Å². The first kappa shape index (κ1) is 13.6. The van der Waals surface area contributed by atoms with Gasteiger partial charge in [0, 0.05) is 26.0 Å². The number of pyridine rings is 1. The first-order valence-electron chi connectivity index (χ1n) is 5.70. The maximum atomic E-state index is 11.0. The van der Waals surface area contributed by atoms with Crippen molar-refractivity contribution in [3.63, 3.8) is 0 Å². The molecule has 0 amide bonds. The molecule has 2 rings (SSSR count). The first-order chi connectivity index (χ1) is 9.61. The second kappa shape index (κ2) is 5.89. The van der Waals surface area contributed by atoms with E-state index in [0.29, 0.717) is 6.54 Å². The molecule has 20 heavy (non-hydrogen) atoms. The summed E-state index contributed by atoms with van der Waals surface area (Å²) in [5.74, 6) is 5.52. The Labute approximate surface area is 114 Å². The van der Waals surface area contributed by atoms with Crippen LogP contribution in [-0.2, 0) is 6.54 Å². The third-order valence-corrected chi connectivity index (χ3v) is 2.58. The van der Waals surface area contributed by atoms with Crippen molar-refractivity contribution in [2.75, 3.05) is 17.4 Å². The van der Waals surface area contributed by atoms with Gasteiger partial charge in [-0.1, -0.05) is 6.07 Å². The van der Waals surface area contributed by atoms with E-state index in [1.54, 1.807) is 30.4 Å². The van der Waals surface area contributed by atoms with Gasteiger partial charge in [-0.2, -0.15) is 4.98 Å². The van der Waals surface area contributed by atoms with Crippen molar-refractivity contribution in [3.05, 3.63) is 46.4 Å². The van der Waals surface area contributed by atoms with Crippen LogP contribution in [-0.4, -0.2) is 26.9 Å². The zero-order valence-electron chi connectivity index (χ0n) is 10.7. The molecule has 9 nitrogen and oxygen atoms in total. The van der Waals surface area contributed by atoms with E-state index in [9.17, 15) is 10.1 Å². The monoisotopic (exact) mass is 275 g/mol. The molecule has 0 spiro atoms. The van der Waals surface area contributed by atoms with Crippen molar-refractivity contribution in [2.45, 2.75) is 6.54 Å². The molecule has 2 heterocycles. The van der Waals surface area contributed by atoms with Gasteiger partial charge in [-0.3, -0.25) is 20.5 Å². The normalized spacial score (nSPS) is 10.1. The summed E-state index contributed by atoms with van der Waals surface area (Å²) >= 11 is 0. The van der Waals surface area contributed by atoms with Gasteiger partial charge in [0.05, 0.1) is 4.92 Å². The van der Waals surface area contributed by atoms with Gasteiger partial charge in [-0.15, -0.1) is 0 Å². The van der Waals surface area contributed by atoms with Gasteiger partial charge in [0.2, 0.25) is 11.8 Å². The van der Waals surface area contributed by atoms with E-state index < -0.39 is 4.92 Å². The maximum Gasteiger partial charge on any atom is 0.329 e. The Morgan fingerprint density at radius 3 is 2.90 bits per heavy atom. The minimum atomic E-state index is -0.532. The number of hydrogen-bond acceptors (Lipinski definition) is 8. The molecule has 0 aliphatic heterocycles. The first-order valence-corrected chi connectivity index (χ1v) is 5.70. The van der Waals surface area contributed by atoms with Crippen LogP contribution in [0.4, 0.5) is 17.5 Å². The maximum absolute atomic E-state index is 11.0. The molecule has 0 radical (unpaired) electrons. The van der Waals surface area contributed by atoms with Crippen LogP contribution in [0.25, 0.3) is 0 Å². The Hall–Kier alpha value is -2.81. The second-order valence-corrected chi connectivity index (χ2v) is 4.02. The van der Waals surface area contributed by atoms with Gasteiger partial charge in [0.1, 0.15) is 6.20 Å². The van der Waals surface area contributed by atoms with E-state index in [0.717, 1.165) is 11.8 Å². The molecule has 2 aromatic rings. The van der Waals surface area contributed by atoms with Crippen molar-refractivity contribution in [1.29, 1.82) is 0 Å². The predicted molar refractivity (Wildman–Crippen MR) is 72.8 cm³/mol. The number of aromatic nitrogens is 3. The lowest BCUT2D eigenvalue weighted by atomic mass is 10.2. The van der Waals surface area contributed by atoms with Crippen LogP contribution in [0.15, 0.2) is 30.7 Å². The second-order valence-electron chi connectivity index (χ2n) is 4.02. The predicted octanol–water partition coefficient (Wildman–Crippen LogP) is 0.702. The average molecular weight is 275 g/mol. The quantitative estimate of drug-likeness (QED) is 0.464. The number of nitrogen functional groups attached to an aromatic ring is 1. The third kappa shape index (κ3) is 2.95. The number of anilines is 2. The van der Waals surface area contributed by atoms with E-state index in [1.165, 1.54) is 0 Å². The summed E-state index contributed by atoms with van der Waals surface area (Å²) < 4.78 is 0. The molecular formula is C11H13N7O2. The minimum absolute atomic E-state index is 0.114. The number of nitrogens with zero attached hydrogens (tertiary/aromatic N) is 5. The molecule has 104 valence electrons. The van der Waals surface area contributed by atoms with Gasteiger partial charge in [-0.25, -0.2) is 10.8 Å². The summed E-state index contributed by atoms with van der Waals surface area (Å²) in [6.07, 6.45) is 4.47. The third-order valence-electron chi connectivity index (χ3n) is 2.58. The van der Waals surface area contributed by atoms with Crippen molar-refractivity contribution in [3.8, 4) is 0 Å². The molecule has 0 aromatic carbocycles. The molecule has 0 unspecified atom stereocenters. The number of nitrogens with two attached hydrogens (primary N) is 1. The van der Waals surface area contributed by atoms with Crippen LogP contribution >= 0.6 is 0 Å². The highest BCUT2D eigenvalue weighted by molar-refractivity contribution is 5.58. The molecule has 0 saturated carbocycles. The van der Waals surface area contributed by atoms with Crippen LogP contribution < -0.4 is 16.2 Å². The standard InChI is InChI=1S/C11H13N7O2/c1-17(7-8-3-2-4-13-5-8)10-9(18(19)20)6-14-11(15-10)16-12/h2-6H,7,12H2,1H3,(H,14,15,16). The number of nitrogens with one attached hydrogen (secondary N) is 1. The van der Waals surface area contributed by atoms with Crippen molar-refractivity contribution < 1.29 is 4.92 Å². The molecule has 0 saturated heterocycles. The van der Waals surface area contributed by atoms with Crippen LogP contribution in [0.5, 0.6) is 0 Å². The smallest absolute Gasteiger partial charge is 0.329 e. The summed E-state index contributed by atoms with van der Waals surface area (Å²) in [6, 6.07) is 3.67. The van der Waals surface area contributed by atoms with Gasteiger partial charge >= 0.3 is 5.69 Å². The fourth-order valence-corrected chi connectivity index (χ4v) is 1.69. The molecule has 0 aliphatic rings. The van der Waals surface area contributed by atoms with E-state index in [-0.39, 0.29) is 17.5 Å². The largest absolute Gasteiger partial charge is 0.349 e. The van der Waals surface area contributed by atoms with Crippen LogP contribution in [0, 0.1) is 10.1 Å². The zero-order valence-corrected chi connectivity index (χ0v) is 10.7. The summed E-state index contributed by atoms with van der Waals surface area (Å²) in [7, 11) is 1.70. The lowest BCUT2D eigenvalue weighted by Crippen LogP contribution is -2.21. The Kier molecular flexibility index (Phi) is 4.01. The topological polar surface area (TPSA) is 123 Å². The van der Waals surface area contributed by atoms with E-state index in [2.05, 4.69) is 20.4 Å². The fourth-order valence-electron chi connectivity index (χ4n) is 1.69. The van der Waals surface area contributed by atoms with E-state index in [1.807, 2.05) is 6.07 Å². The van der Waals surface area contributed by atoms with Gasteiger partial charge in [-0.05, 0) is 11.6 Å². The molecule has 0 bridgehead atoms. The van der Waals surface area contributed by atoms with Crippen LogP contribution in [0.3, 0.4) is 0 Å². The van der Waals surface area contributed by atoms with Crippen LogP contribution in [0.2, 0.25) is 0 Å². The number of rotatable bonds is 5. The fraction of sp³-hybridized carbons (Fsp3) is 0.182. The summed E-state index contributed by atoms with van der Waals surface area (Å²) in [5.41, 5.74) is 2.99. The molecular weight excluding hydrogens is 262 g/mol. The Morgan fingerprint density at radius 1 is 1.50 bits per heavy atom. The molecule has 0 fully saturated rings. The summed E-state index contributed by atoms with van der Waals surface area (Å²) in [4.78, 5) is 23.9. The Morgan fingerprint density at radius 2 is 2.30 bits per heavy atom. The molecule has 0 aliphatic carbocycles. The highest BCUT2D eigenvalue weighted by Crippen LogP contribution is 2.25. The van der Waals surface area contributed by atoms with Crippen LogP contribution in [0.1, 0.15) is 5.56 Å².